The van der Waals surface area contributed by atoms with Crippen LogP contribution in [-0.2, 0) is 26.0 Å². The van der Waals surface area contributed by atoms with Crippen molar-refractivity contribution in [3.8, 4) is 0 Å². The highest BCUT2D eigenvalue weighted by Crippen LogP contribution is 2.33. The summed E-state index contributed by atoms with van der Waals surface area (Å²) in [6, 6.07) is 5.03. The highest BCUT2D eigenvalue weighted by molar-refractivity contribution is 7.89. The van der Waals surface area contributed by atoms with E-state index in [0.29, 0.717) is 12.3 Å². The van der Waals surface area contributed by atoms with Gasteiger partial charge in [-0.15, -0.1) is 0 Å². The smallest absolute Gasteiger partial charge is 0.240 e. The lowest BCUT2D eigenvalue weighted by Gasteiger charge is -2.29. The fourth-order valence-corrected chi connectivity index (χ4v) is 5.53. The molecule has 1 fully saturated rings. The number of carbonyl (C=O) groups excluding carboxylic acids is 2. The first-order valence-electron chi connectivity index (χ1n) is 10.4. The standard InChI is InChI=1S/C21H31N3O4S/c1-14-6-4-5-7-19(14)23-21(26)10-11-22-29(27,28)18-8-9-20-17(13-18)12-15(2)24(20)16(3)25/h8-9,13-15,19,22H,4-7,10-12H2,1-3H3,(H,23,26)/t14-,15+,19+/m0/s1. The summed E-state index contributed by atoms with van der Waals surface area (Å²) in [6.07, 6.45) is 5.18. The molecule has 1 aliphatic heterocycles. The molecule has 8 heteroatoms. The maximum atomic E-state index is 12.6. The quantitative estimate of drug-likeness (QED) is 0.737. The third kappa shape index (κ3) is 4.98. The molecule has 0 bridgehead atoms. The normalized spacial score (nSPS) is 24.2. The third-order valence-electron chi connectivity index (χ3n) is 6.02. The average Bonchev–Trinajstić information content (AvgIpc) is 2.98. The zero-order valence-corrected chi connectivity index (χ0v) is 18.2. The van der Waals surface area contributed by atoms with Crippen molar-refractivity contribution in [2.75, 3.05) is 11.4 Å². The van der Waals surface area contributed by atoms with Gasteiger partial charge in [0.15, 0.2) is 0 Å². The van der Waals surface area contributed by atoms with Gasteiger partial charge in [0.2, 0.25) is 21.8 Å². The lowest BCUT2D eigenvalue weighted by molar-refractivity contribution is -0.122. The molecule has 160 valence electrons. The molecule has 3 rings (SSSR count). The molecule has 1 heterocycles. The molecule has 29 heavy (non-hydrogen) atoms. The molecule has 0 unspecified atom stereocenters. The summed E-state index contributed by atoms with van der Waals surface area (Å²) in [5, 5.41) is 3.04. The molecule has 2 aliphatic rings. The van der Waals surface area contributed by atoms with Gasteiger partial charge in [-0.05, 0) is 55.9 Å². The predicted octanol–water partition coefficient (Wildman–Crippen LogP) is 2.35. The number of rotatable bonds is 6. The van der Waals surface area contributed by atoms with Crippen LogP contribution in [0.2, 0.25) is 0 Å². The highest BCUT2D eigenvalue weighted by atomic mass is 32.2. The van der Waals surface area contributed by atoms with Crippen molar-refractivity contribution in [2.24, 2.45) is 5.92 Å². The van der Waals surface area contributed by atoms with Crippen LogP contribution in [0, 0.1) is 5.92 Å². The van der Waals surface area contributed by atoms with Crippen LogP contribution in [0.4, 0.5) is 5.69 Å². The number of benzene rings is 1. The van der Waals surface area contributed by atoms with Gasteiger partial charge in [0, 0.05) is 37.7 Å². The minimum atomic E-state index is -3.71. The maximum absolute atomic E-state index is 12.6. The maximum Gasteiger partial charge on any atom is 0.240 e. The molecular formula is C21H31N3O4S. The SMILES string of the molecule is CC(=O)N1c2ccc(S(=O)(=O)NCCC(=O)N[C@@H]3CCCC[C@@H]3C)cc2C[C@H]1C. The van der Waals surface area contributed by atoms with E-state index in [-0.39, 0.29) is 41.8 Å². The fourth-order valence-electron chi connectivity index (χ4n) is 4.45. The van der Waals surface area contributed by atoms with Gasteiger partial charge < -0.3 is 10.2 Å². The van der Waals surface area contributed by atoms with E-state index in [9.17, 15) is 18.0 Å². The van der Waals surface area contributed by atoms with Crippen LogP contribution in [0.3, 0.4) is 0 Å². The third-order valence-corrected chi connectivity index (χ3v) is 7.48. The summed E-state index contributed by atoms with van der Waals surface area (Å²) >= 11 is 0. The first-order chi connectivity index (χ1) is 13.7. The van der Waals surface area contributed by atoms with E-state index >= 15 is 0 Å². The molecule has 7 nitrogen and oxygen atoms in total. The molecule has 0 saturated heterocycles. The zero-order valence-electron chi connectivity index (χ0n) is 17.4. The fraction of sp³-hybridized carbons (Fsp3) is 0.619. The van der Waals surface area contributed by atoms with Crippen molar-refractivity contribution in [3.05, 3.63) is 23.8 Å². The van der Waals surface area contributed by atoms with Crippen LogP contribution in [0.15, 0.2) is 23.1 Å². The molecule has 1 saturated carbocycles. The molecule has 1 aliphatic carbocycles. The summed E-state index contributed by atoms with van der Waals surface area (Å²) in [5.41, 5.74) is 1.62. The summed E-state index contributed by atoms with van der Waals surface area (Å²) in [4.78, 5) is 25.9. The number of anilines is 1. The minimum absolute atomic E-state index is 0.0132. The largest absolute Gasteiger partial charge is 0.353 e. The number of nitrogens with zero attached hydrogens (tertiary/aromatic N) is 1. The Balaban J connectivity index is 1.57. The van der Waals surface area contributed by atoms with Crippen LogP contribution in [0.1, 0.15) is 58.4 Å². The van der Waals surface area contributed by atoms with Gasteiger partial charge in [-0.3, -0.25) is 9.59 Å². The predicted molar refractivity (Wildman–Crippen MR) is 112 cm³/mol. The number of amides is 2. The Morgan fingerprint density at radius 3 is 2.59 bits per heavy atom. The van der Waals surface area contributed by atoms with Crippen LogP contribution >= 0.6 is 0 Å². The van der Waals surface area contributed by atoms with E-state index in [0.717, 1.165) is 30.5 Å². The van der Waals surface area contributed by atoms with Crippen LogP contribution < -0.4 is 14.9 Å². The van der Waals surface area contributed by atoms with Gasteiger partial charge >= 0.3 is 0 Å². The van der Waals surface area contributed by atoms with E-state index < -0.39 is 10.0 Å². The number of nitrogens with one attached hydrogen (secondary N) is 2. The molecule has 1 aromatic carbocycles. The van der Waals surface area contributed by atoms with Crippen molar-refractivity contribution < 1.29 is 18.0 Å². The van der Waals surface area contributed by atoms with Gasteiger partial charge in [0.05, 0.1) is 4.90 Å². The number of fused-ring (bicyclic) bond motifs is 1. The zero-order chi connectivity index (χ0) is 21.2. The van der Waals surface area contributed by atoms with E-state index in [1.165, 1.54) is 19.4 Å². The van der Waals surface area contributed by atoms with E-state index in [2.05, 4.69) is 17.0 Å². The Kier molecular flexibility index (Phi) is 6.63. The summed E-state index contributed by atoms with van der Waals surface area (Å²) in [5.74, 6) is 0.294. The number of hydrogen-bond acceptors (Lipinski definition) is 4. The second-order valence-corrected chi connectivity index (χ2v) is 10.1. The van der Waals surface area contributed by atoms with Crippen molar-refractivity contribution in [1.29, 1.82) is 0 Å². The lowest BCUT2D eigenvalue weighted by Crippen LogP contribution is -2.42. The minimum Gasteiger partial charge on any atom is -0.353 e. The molecule has 0 aromatic heterocycles. The van der Waals surface area contributed by atoms with E-state index in [1.54, 1.807) is 17.0 Å². The molecule has 2 N–H and O–H groups in total. The molecule has 0 radical (unpaired) electrons. The molecule has 1 aromatic rings. The first kappa shape index (κ1) is 21.8. The second-order valence-electron chi connectivity index (χ2n) is 8.32. The summed E-state index contributed by atoms with van der Waals surface area (Å²) in [6.45, 7) is 5.66. The van der Waals surface area contributed by atoms with Crippen molar-refractivity contribution >= 4 is 27.5 Å². The van der Waals surface area contributed by atoms with Crippen molar-refractivity contribution in [3.63, 3.8) is 0 Å². The monoisotopic (exact) mass is 421 g/mol. The Morgan fingerprint density at radius 2 is 1.90 bits per heavy atom. The molecular weight excluding hydrogens is 390 g/mol. The Morgan fingerprint density at radius 1 is 1.17 bits per heavy atom. The van der Waals surface area contributed by atoms with E-state index in [1.807, 2.05) is 6.92 Å². The van der Waals surface area contributed by atoms with Gasteiger partial charge in [-0.1, -0.05) is 19.8 Å². The van der Waals surface area contributed by atoms with Crippen molar-refractivity contribution in [1.82, 2.24) is 10.0 Å². The number of hydrogen-bond donors (Lipinski definition) is 2. The summed E-state index contributed by atoms with van der Waals surface area (Å²) < 4.78 is 27.8. The molecule has 0 spiro atoms. The Bertz CT molecular complexity index is 884. The number of carbonyl (C=O) groups is 2. The first-order valence-corrected chi connectivity index (χ1v) is 11.9. The highest BCUT2D eigenvalue weighted by Gasteiger charge is 2.30. The summed E-state index contributed by atoms with van der Waals surface area (Å²) in [7, 11) is -3.71. The number of sulfonamides is 1. The van der Waals surface area contributed by atoms with Crippen LogP contribution in [0.25, 0.3) is 0 Å². The average molecular weight is 422 g/mol. The Labute approximate surface area is 173 Å². The second kappa shape index (κ2) is 8.83. The van der Waals surface area contributed by atoms with Crippen molar-refractivity contribution in [2.45, 2.75) is 76.3 Å². The van der Waals surface area contributed by atoms with Crippen LogP contribution in [0.5, 0.6) is 0 Å². The Hall–Kier alpha value is -1.93. The molecule has 2 amide bonds. The topological polar surface area (TPSA) is 95.6 Å². The van der Waals surface area contributed by atoms with Gasteiger partial charge in [-0.25, -0.2) is 13.1 Å². The van der Waals surface area contributed by atoms with Gasteiger partial charge in [-0.2, -0.15) is 0 Å². The molecule has 3 atom stereocenters. The van der Waals surface area contributed by atoms with E-state index in [4.69, 9.17) is 0 Å². The van der Waals surface area contributed by atoms with Crippen LogP contribution in [-0.4, -0.2) is 38.9 Å². The van der Waals surface area contributed by atoms with Gasteiger partial charge in [0.25, 0.3) is 0 Å². The lowest BCUT2D eigenvalue weighted by atomic mass is 9.86. The van der Waals surface area contributed by atoms with Gasteiger partial charge in [0.1, 0.15) is 0 Å².